The summed E-state index contributed by atoms with van der Waals surface area (Å²) in [6.45, 7) is 0. The van der Waals surface area contributed by atoms with Gasteiger partial charge in [-0.1, -0.05) is 23.2 Å². The van der Waals surface area contributed by atoms with Gasteiger partial charge in [0, 0.05) is 11.3 Å². The van der Waals surface area contributed by atoms with Crippen LogP contribution in [0.1, 0.15) is 10.4 Å². The Kier molecular flexibility index (Phi) is 5.71. The predicted molar refractivity (Wildman–Crippen MR) is 93.7 cm³/mol. The van der Waals surface area contributed by atoms with Crippen molar-refractivity contribution in [2.24, 2.45) is 0 Å². The van der Waals surface area contributed by atoms with Gasteiger partial charge in [-0.3, -0.25) is 4.79 Å². The quantitative estimate of drug-likeness (QED) is 0.823. The van der Waals surface area contributed by atoms with Gasteiger partial charge in [0.15, 0.2) is 5.75 Å². The fourth-order valence-electron chi connectivity index (χ4n) is 1.92. The second kappa shape index (κ2) is 7.40. The molecule has 0 fully saturated rings. The van der Waals surface area contributed by atoms with Crippen LogP contribution in [0.4, 0.5) is 5.69 Å². The molecule has 0 unspecified atom stereocenters. The third kappa shape index (κ3) is 3.99. The van der Waals surface area contributed by atoms with Crippen LogP contribution < -0.4 is 14.8 Å². The zero-order chi connectivity index (χ0) is 17.9. The molecule has 0 atom stereocenters. The van der Waals surface area contributed by atoms with Crippen LogP contribution >= 0.6 is 23.2 Å². The molecule has 2 aromatic rings. The van der Waals surface area contributed by atoms with Crippen LogP contribution in [0.5, 0.6) is 5.75 Å². The van der Waals surface area contributed by atoms with E-state index < -0.39 is 15.9 Å². The second-order valence-corrected chi connectivity index (χ2v) is 7.36. The molecule has 0 aromatic heterocycles. The van der Waals surface area contributed by atoms with E-state index >= 15 is 0 Å². The number of carbonyl (C=O) groups is 1. The lowest BCUT2D eigenvalue weighted by molar-refractivity contribution is 0.102. The van der Waals surface area contributed by atoms with Gasteiger partial charge >= 0.3 is 0 Å². The van der Waals surface area contributed by atoms with Gasteiger partial charge in [0.05, 0.1) is 22.1 Å². The molecule has 2 aromatic carbocycles. The van der Waals surface area contributed by atoms with Gasteiger partial charge in [0.25, 0.3) is 5.91 Å². The molecule has 128 valence electrons. The van der Waals surface area contributed by atoms with Crippen molar-refractivity contribution in [2.75, 3.05) is 19.5 Å². The topological polar surface area (TPSA) is 84.5 Å². The number of methoxy groups -OCH3 is 1. The van der Waals surface area contributed by atoms with Crippen molar-refractivity contribution in [3.63, 3.8) is 0 Å². The summed E-state index contributed by atoms with van der Waals surface area (Å²) in [5.41, 5.74) is 0.677. The summed E-state index contributed by atoms with van der Waals surface area (Å²) in [7, 11) is -0.780. The maximum absolute atomic E-state index is 12.3. The zero-order valence-corrected chi connectivity index (χ0v) is 15.1. The standard InChI is InChI=1S/C15H14Cl2N2O4S/c1-18-24(21,22)11-5-3-10(4-6-11)19-15(20)9-7-12(16)14(23-2)13(17)8-9/h3-8,18H,1-2H3,(H,19,20). The molecule has 0 saturated carbocycles. The minimum Gasteiger partial charge on any atom is -0.494 e. The number of rotatable bonds is 5. The molecule has 0 aliphatic heterocycles. The normalized spacial score (nSPS) is 11.2. The molecule has 0 spiro atoms. The highest BCUT2D eigenvalue weighted by Crippen LogP contribution is 2.34. The Morgan fingerprint density at radius 3 is 2.08 bits per heavy atom. The van der Waals surface area contributed by atoms with Gasteiger partial charge in [0.1, 0.15) is 0 Å². The highest BCUT2D eigenvalue weighted by Gasteiger charge is 2.15. The number of halogens is 2. The largest absolute Gasteiger partial charge is 0.494 e. The van der Waals surface area contributed by atoms with Crippen LogP contribution in [0, 0.1) is 0 Å². The molecule has 0 aliphatic rings. The SMILES string of the molecule is CNS(=O)(=O)c1ccc(NC(=O)c2cc(Cl)c(OC)c(Cl)c2)cc1. The highest BCUT2D eigenvalue weighted by atomic mass is 35.5. The minimum atomic E-state index is -3.53. The molecule has 2 N–H and O–H groups in total. The van der Waals surface area contributed by atoms with Gasteiger partial charge in [-0.15, -0.1) is 0 Å². The first-order valence-corrected chi connectivity index (χ1v) is 8.90. The van der Waals surface area contributed by atoms with Crippen molar-refractivity contribution < 1.29 is 17.9 Å². The van der Waals surface area contributed by atoms with Gasteiger partial charge in [-0.05, 0) is 43.4 Å². The number of hydrogen-bond donors (Lipinski definition) is 2. The van der Waals surface area contributed by atoms with E-state index in [9.17, 15) is 13.2 Å². The molecular formula is C15H14Cl2N2O4S. The van der Waals surface area contributed by atoms with E-state index in [-0.39, 0.29) is 26.3 Å². The molecule has 24 heavy (non-hydrogen) atoms. The Morgan fingerprint density at radius 1 is 1.08 bits per heavy atom. The minimum absolute atomic E-state index is 0.0959. The first-order chi connectivity index (χ1) is 11.3. The van der Waals surface area contributed by atoms with Gasteiger partial charge < -0.3 is 10.1 Å². The van der Waals surface area contributed by atoms with E-state index in [4.69, 9.17) is 27.9 Å². The van der Waals surface area contributed by atoms with Gasteiger partial charge in [-0.25, -0.2) is 13.1 Å². The van der Waals surface area contributed by atoms with Gasteiger partial charge in [0.2, 0.25) is 10.0 Å². The summed E-state index contributed by atoms with van der Waals surface area (Å²) in [5, 5.41) is 3.06. The van der Waals surface area contributed by atoms with Crippen molar-refractivity contribution in [2.45, 2.75) is 4.90 Å². The lowest BCUT2D eigenvalue weighted by Gasteiger charge is -2.10. The summed E-state index contributed by atoms with van der Waals surface area (Å²) in [4.78, 5) is 12.4. The first kappa shape index (κ1) is 18.5. The number of hydrogen-bond acceptors (Lipinski definition) is 4. The maximum Gasteiger partial charge on any atom is 0.255 e. The summed E-state index contributed by atoms with van der Waals surface area (Å²) in [6.07, 6.45) is 0. The molecule has 0 saturated heterocycles. The number of benzene rings is 2. The fourth-order valence-corrected chi connectivity index (χ4v) is 3.30. The Bertz CT molecular complexity index is 845. The summed E-state index contributed by atoms with van der Waals surface area (Å²) >= 11 is 12.0. The Labute approximate surface area is 149 Å². The monoisotopic (exact) mass is 388 g/mol. The summed E-state index contributed by atoms with van der Waals surface area (Å²) < 4.78 is 30.5. The molecule has 0 radical (unpaired) electrons. The van der Waals surface area contributed by atoms with Crippen LogP contribution in [0.3, 0.4) is 0 Å². The molecule has 9 heteroatoms. The van der Waals surface area contributed by atoms with E-state index in [1.807, 2.05) is 0 Å². The molecule has 0 aliphatic carbocycles. The lowest BCUT2D eigenvalue weighted by atomic mass is 10.2. The van der Waals surface area contributed by atoms with Crippen LogP contribution in [0.25, 0.3) is 0 Å². The van der Waals surface area contributed by atoms with E-state index in [0.29, 0.717) is 5.69 Å². The average molecular weight is 389 g/mol. The summed E-state index contributed by atoms with van der Waals surface area (Å²) in [5.74, 6) is -0.151. The number of ether oxygens (including phenoxy) is 1. The smallest absolute Gasteiger partial charge is 0.255 e. The van der Waals surface area contributed by atoms with Crippen molar-refractivity contribution in [3.8, 4) is 5.75 Å². The van der Waals surface area contributed by atoms with Crippen molar-refractivity contribution in [3.05, 3.63) is 52.0 Å². The van der Waals surface area contributed by atoms with Crippen LogP contribution in [0.2, 0.25) is 10.0 Å². The lowest BCUT2D eigenvalue weighted by Crippen LogP contribution is -2.18. The first-order valence-electron chi connectivity index (χ1n) is 6.66. The highest BCUT2D eigenvalue weighted by molar-refractivity contribution is 7.89. The van der Waals surface area contributed by atoms with E-state index in [0.717, 1.165) is 0 Å². The molecule has 6 nitrogen and oxygen atoms in total. The summed E-state index contributed by atoms with van der Waals surface area (Å²) in [6, 6.07) is 8.59. The van der Waals surface area contributed by atoms with Crippen LogP contribution in [-0.2, 0) is 10.0 Å². The molecule has 0 bridgehead atoms. The molecule has 0 heterocycles. The number of nitrogens with one attached hydrogen (secondary N) is 2. The van der Waals surface area contributed by atoms with Crippen molar-refractivity contribution in [1.29, 1.82) is 0 Å². The molecular weight excluding hydrogens is 375 g/mol. The van der Waals surface area contributed by atoms with Crippen molar-refractivity contribution >= 4 is 44.8 Å². The Morgan fingerprint density at radius 2 is 1.62 bits per heavy atom. The maximum atomic E-state index is 12.3. The van der Waals surface area contributed by atoms with Crippen LogP contribution in [0.15, 0.2) is 41.3 Å². The van der Waals surface area contributed by atoms with E-state index in [1.165, 1.54) is 50.6 Å². The van der Waals surface area contributed by atoms with Crippen molar-refractivity contribution in [1.82, 2.24) is 4.72 Å². The molecule has 1 amide bonds. The molecule has 2 rings (SSSR count). The number of amides is 1. The average Bonchev–Trinajstić information content (AvgIpc) is 2.55. The zero-order valence-electron chi connectivity index (χ0n) is 12.8. The van der Waals surface area contributed by atoms with E-state index in [1.54, 1.807) is 0 Å². The fraction of sp³-hybridized carbons (Fsp3) is 0.133. The van der Waals surface area contributed by atoms with Gasteiger partial charge in [-0.2, -0.15) is 0 Å². The Balaban J connectivity index is 2.21. The third-order valence-corrected chi connectivity index (χ3v) is 5.15. The predicted octanol–water partition coefficient (Wildman–Crippen LogP) is 3.16. The second-order valence-electron chi connectivity index (χ2n) is 4.66. The van der Waals surface area contributed by atoms with Crippen LogP contribution in [-0.4, -0.2) is 28.5 Å². The number of carbonyl (C=O) groups excluding carboxylic acids is 1. The Hall–Kier alpha value is -1.80. The number of anilines is 1. The van der Waals surface area contributed by atoms with E-state index in [2.05, 4.69) is 10.0 Å². The number of sulfonamides is 1. The third-order valence-electron chi connectivity index (χ3n) is 3.16.